The van der Waals surface area contributed by atoms with E-state index in [1.165, 1.54) is 4.90 Å². The Hall–Kier alpha value is -2.08. The number of aryl methyl sites for hydroxylation is 1. The molecule has 0 unspecified atom stereocenters. The zero-order valence-electron chi connectivity index (χ0n) is 11.8. The first-order valence-corrected chi connectivity index (χ1v) is 6.97. The zero-order chi connectivity index (χ0) is 15.6. The molecular formula is C14H16ClN3O3. The van der Waals surface area contributed by atoms with Gasteiger partial charge in [0.2, 0.25) is 0 Å². The normalized spacial score (nSPS) is 10.8. The summed E-state index contributed by atoms with van der Waals surface area (Å²) in [5.74, 6) is -1.18. The number of fused-ring (bicyclic) bond motifs is 1. The molecule has 1 N–H and O–H groups in total. The molecule has 0 aliphatic heterocycles. The average Bonchev–Trinajstić information content (AvgIpc) is 2.74. The minimum absolute atomic E-state index is 0.0872. The first kappa shape index (κ1) is 15.3. The molecule has 2 heterocycles. The Morgan fingerprint density at radius 2 is 2.14 bits per heavy atom. The van der Waals surface area contributed by atoms with E-state index in [1.54, 1.807) is 29.7 Å². The van der Waals surface area contributed by atoms with Gasteiger partial charge in [0.25, 0.3) is 5.91 Å². The second-order valence-corrected chi connectivity index (χ2v) is 5.09. The van der Waals surface area contributed by atoms with Crippen molar-refractivity contribution in [3.05, 3.63) is 34.7 Å². The van der Waals surface area contributed by atoms with Crippen LogP contribution < -0.4 is 0 Å². The summed E-state index contributed by atoms with van der Waals surface area (Å²) >= 11 is 5.97. The van der Waals surface area contributed by atoms with Crippen LogP contribution >= 0.6 is 11.6 Å². The number of carboxylic acid groups (broad SMARTS) is 1. The van der Waals surface area contributed by atoms with E-state index < -0.39 is 5.97 Å². The number of rotatable bonds is 5. The molecule has 0 aliphatic rings. The van der Waals surface area contributed by atoms with Crippen molar-refractivity contribution in [3.63, 3.8) is 0 Å². The van der Waals surface area contributed by atoms with Crippen LogP contribution in [0.3, 0.4) is 0 Å². The van der Waals surface area contributed by atoms with Crippen molar-refractivity contribution in [2.45, 2.75) is 20.3 Å². The highest BCUT2D eigenvalue weighted by Crippen LogP contribution is 2.18. The average molecular weight is 310 g/mol. The quantitative estimate of drug-likeness (QED) is 0.919. The summed E-state index contributed by atoms with van der Waals surface area (Å²) in [7, 11) is 0. The predicted molar refractivity (Wildman–Crippen MR) is 78.8 cm³/mol. The molecule has 1 amide bonds. The van der Waals surface area contributed by atoms with Crippen molar-refractivity contribution in [2.75, 3.05) is 13.1 Å². The van der Waals surface area contributed by atoms with Gasteiger partial charge in [-0.2, -0.15) is 0 Å². The standard InChI is InChI=1S/C14H16ClN3O3/c1-3-17(7-6-12(19)20)14(21)13-9(2)16-11-5-4-10(15)8-18(11)13/h4-5,8H,3,6-7H2,1-2H3,(H,19,20). The molecule has 112 valence electrons. The van der Waals surface area contributed by atoms with Crippen molar-refractivity contribution >= 4 is 29.1 Å². The number of carbonyl (C=O) groups excluding carboxylic acids is 1. The fraction of sp³-hybridized carbons (Fsp3) is 0.357. The van der Waals surface area contributed by atoms with Crippen LogP contribution in [-0.4, -0.2) is 44.4 Å². The van der Waals surface area contributed by atoms with Crippen LogP contribution in [0.5, 0.6) is 0 Å². The SMILES string of the molecule is CCN(CCC(=O)O)C(=O)c1c(C)nc2ccc(Cl)cn12. The second kappa shape index (κ2) is 6.13. The molecule has 0 atom stereocenters. The highest BCUT2D eigenvalue weighted by atomic mass is 35.5. The summed E-state index contributed by atoms with van der Waals surface area (Å²) in [5, 5.41) is 9.26. The molecule has 6 nitrogen and oxygen atoms in total. The number of hydrogen-bond acceptors (Lipinski definition) is 3. The van der Waals surface area contributed by atoms with Gasteiger partial charge in [0.05, 0.1) is 17.1 Å². The molecule has 0 aromatic carbocycles. The number of aromatic nitrogens is 2. The van der Waals surface area contributed by atoms with E-state index in [2.05, 4.69) is 4.98 Å². The molecule has 7 heteroatoms. The summed E-state index contributed by atoms with van der Waals surface area (Å²) in [6, 6.07) is 3.44. The topological polar surface area (TPSA) is 74.9 Å². The number of pyridine rings is 1. The van der Waals surface area contributed by atoms with E-state index in [0.717, 1.165) is 0 Å². The lowest BCUT2D eigenvalue weighted by Gasteiger charge is -2.20. The molecule has 0 spiro atoms. The van der Waals surface area contributed by atoms with E-state index in [0.29, 0.717) is 28.6 Å². The van der Waals surface area contributed by atoms with Crippen molar-refractivity contribution in [1.29, 1.82) is 0 Å². The Bertz CT molecular complexity index is 696. The largest absolute Gasteiger partial charge is 0.481 e. The number of hydrogen-bond donors (Lipinski definition) is 1. The Morgan fingerprint density at radius 3 is 2.76 bits per heavy atom. The van der Waals surface area contributed by atoms with Crippen LogP contribution in [0.25, 0.3) is 5.65 Å². The molecule has 0 saturated carbocycles. The number of aliphatic carboxylic acids is 1. The number of imidazole rings is 1. The van der Waals surface area contributed by atoms with E-state index in [-0.39, 0.29) is 18.9 Å². The molecule has 0 fully saturated rings. The van der Waals surface area contributed by atoms with Gasteiger partial charge < -0.3 is 10.0 Å². The van der Waals surface area contributed by atoms with Crippen LogP contribution in [0.15, 0.2) is 18.3 Å². The van der Waals surface area contributed by atoms with Gasteiger partial charge in [-0.1, -0.05) is 11.6 Å². The summed E-state index contributed by atoms with van der Waals surface area (Å²) in [4.78, 5) is 29.1. The van der Waals surface area contributed by atoms with E-state index in [4.69, 9.17) is 16.7 Å². The third kappa shape index (κ3) is 3.16. The van der Waals surface area contributed by atoms with Gasteiger partial charge in [0.15, 0.2) is 0 Å². The molecule has 0 aliphatic carbocycles. The summed E-state index contributed by atoms with van der Waals surface area (Å²) < 4.78 is 1.64. The lowest BCUT2D eigenvalue weighted by molar-refractivity contribution is -0.137. The van der Waals surface area contributed by atoms with Crippen molar-refractivity contribution < 1.29 is 14.7 Å². The van der Waals surface area contributed by atoms with Gasteiger partial charge >= 0.3 is 5.97 Å². The molecule has 0 saturated heterocycles. The van der Waals surface area contributed by atoms with Gasteiger partial charge in [0.1, 0.15) is 11.3 Å². The van der Waals surface area contributed by atoms with E-state index in [9.17, 15) is 9.59 Å². The molecular weight excluding hydrogens is 294 g/mol. The third-order valence-corrected chi connectivity index (χ3v) is 3.45. The first-order valence-electron chi connectivity index (χ1n) is 6.59. The monoisotopic (exact) mass is 309 g/mol. The van der Waals surface area contributed by atoms with Crippen molar-refractivity contribution in [3.8, 4) is 0 Å². The second-order valence-electron chi connectivity index (χ2n) is 4.65. The Balaban J connectivity index is 2.39. The molecule has 2 aromatic rings. The van der Waals surface area contributed by atoms with E-state index in [1.807, 2.05) is 6.92 Å². The van der Waals surface area contributed by atoms with Gasteiger partial charge in [-0.05, 0) is 26.0 Å². The van der Waals surface area contributed by atoms with Crippen LogP contribution in [0.1, 0.15) is 29.5 Å². The van der Waals surface area contributed by atoms with Gasteiger partial charge in [-0.3, -0.25) is 14.0 Å². The van der Waals surface area contributed by atoms with Crippen LogP contribution in [0.2, 0.25) is 5.02 Å². The number of halogens is 1. The minimum atomic E-state index is -0.931. The highest BCUT2D eigenvalue weighted by Gasteiger charge is 2.22. The lowest BCUT2D eigenvalue weighted by atomic mass is 10.2. The molecule has 21 heavy (non-hydrogen) atoms. The fourth-order valence-corrected chi connectivity index (χ4v) is 2.34. The van der Waals surface area contributed by atoms with Crippen molar-refractivity contribution in [1.82, 2.24) is 14.3 Å². The van der Waals surface area contributed by atoms with Gasteiger partial charge in [-0.15, -0.1) is 0 Å². The maximum Gasteiger partial charge on any atom is 0.305 e. The number of amides is 1. The lowest BCUT2D eigenvalue weighted by Crippen LogP contribution is -2.34. The predicted octanol–water partition coefficient (Wildman–Crippen LogP) is 2.23. The Morgan fingerprint density at radius 1 is 1.43 bits per heavy atom. The number of nitrogens with zero attached hydrogens (tertiary/aromatic N) is 3. The summed E-state index contributed by atoms with van der Waals surface area (Å²) in [6.45, 7) is 4.15. The van der Waals surface area contributed by atoms with Crippen molar-refractivity contribution in [2.24, 2.45) is 0 Å². The molecule has 0 radical (unpaired) electrons. The molecule has 0 bridgehead atoms. The molecule has 2 aromatic heterocycles. The number of carboxylic acids is 1. The minimum Gasteiger partial charge on any atom is -0.481 e. The smallest absolute Gasteiger partial charge is 0.305 e. The zero-order valence-corrected chi connectivity index (χ0v) is 12.6. The molecule has 2 rings (SSSR count). The number of carbonyl (C=O) groups is 2. The summed E-state index contributed by atoms with van der Waals surface area (Å²) in [5.41, 5.74) is 1.64. The maximum absolute atomic E-state index is 12.6. The third-order valence-electron chi connectivity index (χ3n) is 3.22. The Kier molecular flexibility index (Phi) is 4.47. The van der Waals surface area contributed by atoms with E-state index >= 15 is 0 Å². The fourth-order valence-electron chi connectivity index (χ4n) is 2.18. The van der Waals surface area contributed by atoms with Gasteiger partial charge in [-0.25, -0.2) is 4.98 Å². The van der Waals surface area contributed by atoms with Gasteiger partial charge in [0, 0.05) is 19.3 Å². The van der Waals surface area contributed by atoms with Crippen LogP contribution in [0, 0.1) is 6.92 Å². The van der Waals surface area contributed by atoms with Crippen LogP contribution in [-0.2, 0) is 4.79 Å². The Labute approximate surface area is 127 Å². The first-order chi connectivity index (χ1) is 9.93. The highest BCUT2D eigenvalue weighted by molar-refractivity contribution is 6.30. The van der Waals surface area contributed by atoms with Crippen LogP contribution in [0.4, 0.5) is 0 Å². The maximum atomic E-state index is 12.6. The summed E-state index contributed by atoms with van der Waals surface area (Å²) in [6.07, 6.45) is 1.55.